The summed E-state index contributed by atoms with van der Waals surface area (Å²) < 4.78 is 5.58. The molecule has 0 aliphatic rings. The highest BCUT2D eigenvalue weighted by molar-refractivity contribution is 6.30. The van der Waals surface area contributed by atoms with Gasteiger partial charge in [0.05, 0.1) is 11.2 Å². The van der Waals surface area contributed by atoms with Gasteiger partial charge in [-0.05, 0) is 23.8 Å². The second-order valence-electron chi connectivity index (χ2n) is 3.68. The Hall–Kier alpha value is -2.33. The van der Waals surface area contributed by atoms with E-state index in [9.17, 15) is 4.79 Å². The number of halogens is 1. The van der Waals surface area contributed by atoms with Crippen molar-refractivity contribution in [2.24, 2.45) is 0 Å². The number of aromatic nitrogens is 1. The minimum atomic E-state index is -0.995. The zero-order valence-electron chi connectivity index (χ0n) is 9.79. The molecule has 5 heteroatoms. The van der Waals surface area contributed by atoms with Crippen LogP contribution in [0.1, 0.15) is 5.56 Å². The second-order valence-corrected chi connectivity index (χ2v) is 4.12. The van der Waals surface area contributed by atoms with Crippen LogP contribution in [0.2, 0.25) is 5.02 Å². The molecule has 0 spiro atoms. The first-order chi connectivity index (χ1) is 9.13. The molecule has 0 radical (unpaired) electrons. The van der Waals surface area contributed by atoms with Gasteiger partial charge in [0, 0.05) is 18.3 Å². The highest BCUT2D eigenvalue weighted by Gasteiger charge is 1.99. The van der Waals surface area contributed by atoms with Gasteiger partial charge in [0.1, 0.15) is 11.5 Å². The first-order valence-electron chi connectivity index (χ1n) is 5.43. The van der Waals surface area contributed by atoms with Crippen LogP contribution in [0.15, 0.2) is 48.8 Å². The number of carbonyl (C=O) groups is 1. The number of hydrogen-bond acceptors (Lipinski definition) is 3. The molecule has 0 bridgehead atoms. The summed E-state index contributed by atoms with van der Waals surface area (Å²) in [7, 11) is 0. The van der Waals surface area contributed by atoms with Crippen molar-refractivity contribution in [3.63, 3.8) is 0 Å². The number of ether oxygens (including phenoxy) is 1. The summed E-state index contributed by atoms with van der Waals surface area (Å²) in [5, 5.41) is 9.05. The standard InChI is InChI=1S/C14H10ClNO3/c15-11-7-13(9-16-8-11)19-12-3-1-2-10(6-12)4-5-14(17)18/h1-9H,(H,17,18). The fraction of sp³-hybridized carbons (Fsp3) is 0. The maximum atomic E-state index is 10.4. The lowest BCUT2D eigenvalue weighted by atomic mass is 10.2. The third-order valence-electron chi connectivity index (χ3n) is 2.19. The van der Waals surface area contributed by atoms with Crippen LogP contribution in [0.25, 0.3) is 6.08 Å². The summed E-state index contributed by atoms with van der Waals surface area (Å²) in [5.41, 5.74) is 0.731. The first kappa shape index (κ1) is 13.1. The summed E-state index contributed by atoms with van der Waals surface area (Å²) in [6.07, 6.45) is 5.62. The van der Waals surface area contributed by atoms with Crippen molar-refractivity contribution in [1.82, 2.24) is 4.98 Å². The van der Waals surface area contributed by atoms with Gasteiger partial charge in [0.15, 0.2) is 0 Å². The van der Waals surface area contributed by atoms with E-state index in [-0.39, 0.29) is 0 Å². The van der Waals surface area contributed by atoms with Crippen molar-refractivity contribution in [2.75, 3.05) is 0 Å². The molecular weight excluding hydrogens is 266 g/mol. The number of benzene rings is 1. The fourth-order valence-corrected chi connectivity index (χ4v) is 1.60. The predicted molar refractivity (Wildman–Crippen MR) is 72.4 cm³/mol. The molecule has 0 fully saturated rings. The molecule has 1 heterocycles. The molecule has 2 rings (SSSR count). The van der Waals surface area contributed by atoms with Gasteiger partial charge in [-0.2, -0.15) is 0 Å². The van der Waals surface area contributed by atoms with Gasteiger partial charge >= 0.3 is 5.97 Å². The number of carboxylic acids is 1. The van der Waals surface area contributed by atoms with Crippen LogP contribution in [0.3, 0.4) is 0 Å². The van der Waals surface area contributed by atoms with Crippen molar-refractivity contribution >= 4 is 23.6 Å². The quantitative estimate of drug-likeness (QED) is 0.866. The van der Waals surface area contributed by atoms with E-state index in [1.165, 1.54) is 12.3 Å². The Kier molecular flexibility index (Phi) is 4.15. The van der Waals surface area contributed by atoms with Gasteiger partial charge in [0.25, 0.3) is 0 Å². The molecule has 0 unspecified atom stereocenters. The molecule has 0 saturated heterocycles. The number of nitrogens with zero attached hydrogens (tertiary/aromatic N) is 1. The Balaban J connectivity index is 2.17. The molecule has 0 atom stereocenters. The molecule has 0 aliphatic heterocycles. The number of aliphatic carboxylic acids is 1. The summed E-state index contributed by atoms with van der Waals surface area (Å²) in [4.78, 5) is 14.4. The van der Waals surface area contributed by atoms with Gasteiger partial charge in [0.2, 0.25) is 0 Å². The molecule has 0 amide bonds. The molecular formula is C14H10ClNO3. The number of pyridine rings is 1. The lowest BCUT2D eigenvalue weighted by molar-refractivity contribution is -0.131. The molecule has 1 N–H and O–H groups in total. The molecule has 0 saturated carbocycles. The SMILES string of the molecule is O=C(O)C=Cc1cccc(Oc2cncc(Cl)c2)c1. The average Bonchev–Trinajstić information content (AvgIpc) is 2.37. The maximum absolute atomic E-state index is 10.4. The van der Waals surface area contributed by atoms with E-state index in [2.05, 4.69) is 4.98 Å². The van der Waals surface area contributed by atoms with Crippen molar-refractivity contribution in [1.29, 1.82) is 0 Å². The van der Waals surface area contributed by atoms with E-state index in [4.69, 9.17) is 21.4 Å². The predicted octanol–water partition coefficient (Wildman–Crippen LogP) is 3.63. The molecule has 1 aromatic carbocycles. The van der Waals surface area contributed by atoms with Gasteiger partial charge in [-0.15, -0.1) is 0 Å². The Morgan fingerprint density at radius 2 is 2.11 bits per heavy atom. The van der Waals surface area contributed by atoms with Gasteiger partial charge in [-0.1, -0.05) is 23.7 Å². The van der Waals surface area contributed by atoms with Crippen LogP contribution in [0.5, 0.6) is 11.5 Å². The van der Waals surface area contributed by atoms with E-state index < -0.39 is 5.97 Å². The maximum Gasteiger partial charge on any atom is 0.328 e. The van der Waals surface area contributed by atoms with Crippen LogP contribution in [-0.4, -0.2) is 16.1 Å². The highest BCUT2D eigenvalue weighted by Crippen LogP contribution is 2.24. The van der Waals surface area contributed by atoms with Crippen molar-refractivity contribution < 1.29 is 14.6 Å². The van der Waals surface area contributed by atoms with Gasteiger partial charge in [-0.25, -0.2) is 4.79 Å². The Bertz CT molecular complexity index is 626. The van der Waals surface area contributed by atoms with Gasteiger partial charge < -0.3 is 9.84 Å². The second kappa shape index (κ2) is 6.02. The summed E-state index contributed by atoms with van der Waals surface area (Å²) in [6, 6.07) is 8.69. The van der Waals surface area contributed by atoms with E-state index in [1.807, 2.05) is 0 Å². The summed E-state index contributed by atoms with van der Waals surface area (Å²) >= 11 is 5.81. The van der Waals surface area contributed by atoms with Gasteiger partial charge in [-0.3, -0.25) is 4.98 Å². The summed E-state index contributed by atoms with van der Waals surface area (Å²) in [5.74, 6) is 0.105. The Morgan fingerprint density at radius 1 is 1.26 bits per heavy atom. The van der Waals surface area contributed by atoms with Crippen molar-refractivity contribution in [3.8, 4) is 11.5 Å². The Morgan fingerprint density at radius 3 is 2.84 bits per heavy atom. The van der Waals surface area contributed by atoms with Crippen LogP contribution < -0.4 is 4.74 Å². The van der Waals surface area contributed by atoms with E-state index in [1.54, 1.807) is 36.5 Å². The zero-order valence-corrected chi connectivity index (χ0v) is 10.5. The van der Waals surface area contributed by atoms with Crippen LogP contribution in [0.4, 0.5) is 0 Å². The average molecular weight is 276 g/mol. The highest BCUT2D eigenvalue weighted by atomic mass is 35.5. The first-order valence-corrected chi connectivity index (χ1v) is 5.81. The topological polar surface area (TPSA) is 59.4 Å². The van der Waals surface area contributed by atoms with Crippen molar-refractivity contribution in [2.45, 2.75) is 0 Å². The van der Waals surface area contributed by atoms with E-state index >= 15 is 0 Å². The monoisotopic (exact) mass is 275 g/mol. The zero-order chi connectivity index (χ0) is 13.7. The molecule has 19 heavy (non-hydrogen) atoms. The van der Waals surface area contributed by atoms with E-state index in [0.29, 0.717) is 16.5 Å². The third-order valence-corrected chi connectivity index (χ3v) is 2.40. The fourth-order valence-electron chi connectivity index (χ4n) is 1.43. The molecule has 4 nitrogen and oxygen atoms in total. The normalized spacial score (nSPS) is 10.6. The Labute approximate surface area is 114 Å². The number of carboxylic acid groups (broad SMARTS) is 1. The lowest BCUT2D eigenvalue weighted by Crippen LogP contribution is -1.87. The molecule has 1 aromatic heterocycles. The molecule has 2 aromatic rings. The van der Waals surface area contributed by atoms with Crippen molar-refractivity contribution in [3.05, 3.63) is 59.4 Å². The molecule has 0 aliphatic carbocycles. The van der Waals surface area contributed by atoms with Crippen LogP contribution in [-0.2, 0) is 4.79 Å². The lowest BCUT2D eigenvalue weighted by Gasteiger charge is -2.06. The van der Waals surface area contributed by atoms with E-state index in [0.717, 1.165) is 11.6 Å². The number of rotatable bonds is 4. The third kappa shape index (κ3) is 4.12. The largest absolute Gasteiger partial charge is 0.478 e. The molecule has 96 valence electrons. The smallest absolute Gasteiger partial charge is 0.328 e. The number of hydrogen-bond donors (Lipinski definition) is 1. The summed E-state index contributed by atoms with van der Waals surface area (Å²) in [6.45, 7) is 0. The van der Waals surface area contributed by atoms with Crippen LogP contribution in [0, 0.1) is 0 Å². The minimum Gasteiger partial charge on any atom is -0.478 e. The minimum absolute atomic E-state index is 0.486. The van der Waals surface area contributed by atoms with Crippen LogP contribution >= 0.6 is 11.6 Å².